The number of esters is 1. The van der Waals surface area contributed by atoms with E-state index in [1.807, 2.05) is 31.2 Å². The number of carbonyl (C=O) groups excluding carboxylic acids is 2. The average molecular weight is 442 g/mol. The number of aliphatic imine (C=N–C) groups is 1. The van der Waals surface area contributed by atoms with Gasteiger partial charge >= 0.3 is 5.97 Å². The first-order valence-electron chi connectivity index (χ1n) is 10.0. The Morgan fingerprint density at radius 3 is 2.61 bits per heavy atom. The Morgan fingerprint density at radius 2 is 1.90 bits per heavy atom. The summed E-state index contributed by atoms with van der Waals surface area (Å²) in [4.78, 5) is 29.5. The van der Waals surface area contributed by atoms with Crippen molar-refractivity contribution >= 4 is 45.7 Å². The highest BCUT2D eigenvalue weighted by molar-refractivity contribution is 8.15. The fourth-order valence-corrected chi connectivity index (χ4v) is 3.92. The molecule has 2 N–H and O–H groups in total. The lowest BCUT2D eigenvalue weighted by molar-refractivity contribution is -0.142. The maximum atomic E-state index is 13.1. The summed E-state index contributed by atoms with van der Waals surface area (Å²) in [6.45, 7) is 3.98. The summed E-state index contributed by atoms with van der Waals surface area (Å²) in [5.41, 5.74) is 2.66. The molecule has 1 atom stereocenters. The maximum absolute atomic E-state index is 13.1. The summed E-state index contributed by atoms with van der Waals surface area (Å²) in [6, 6.07) is 13.1. The number of ether oxygens (including phenoxy) is 1. The molecule has 1 aliphatic heterocycles. The summed E-state index contributed by atoms with van der Waals surface area (Å²) in [5, 5.41) is 6.24. The van der Waals surface area contributed by atoms with Crippen molar-refractivity contribution in [2.45, 2.75) is 31.9 Å². The molecular formula is C23H24FN3O3S. The predicted octanol–water partition coefficient (Wildman–Crippen LogP) is 5.27. The molecule has 1 aliphatic rings. The van der Waals surface area contributed by atoms with Crippen LogP contribution in [0.25, 0.3) is 0 Å². The van der Waals surface area contributed by atoms with Crippen LogP contribution in [-0.4, -0.2) is 28.8 Å². The lowest BCUT2D eigenvalue weighted by Crippen LogP contribution is -2.25. The largest absolute Gasteiger partial charge is 0.466 e. The SMILES string of the molecule is CCOC(=O)CC1=CC(S[C@H](CC)C(=O)Nc2ccc(F)cc2)=Nc2ccccc2N1. The molecule has 0 aromatic heterocycles. The normalized spacial score (nSPS) is 13.6. The molecule has 1 heterocycles. The van der Waals surface area contributed by atoms with E-state index in [2.05, 4.69) is 10.6 Å². The predicted molar refractivity (Wildman–Crippen MR) is 123 cm³/mol. The van der Waals surface area contributed by atoms with Gasteiger partial charge < -0.3 is 15.4 Å². The van der Waals surface area contributed by atoms with Crippen molar-refractivity contribution in [3.8, 4) is 0 Å². The molecule has 0 saturated heterocycles. The maximum Gasteiger partial charge on any atom is 0.311 e. The molecule has 0 aliphatic carbocycles. The molecule has 2 aromatic carbocycles. The fourth-order valence-electron chi connectivity index (χ4n) is 2.93. The Balaban J connectivity index is 1.80. The van der Waals surface area contributed by atoms with E-state index in [9.17, 15) is 14.0 Å². The molecule has 0 unspecified atom stereocenters. The number of para-hydroxylation sites is 2. The molecule has 2 aromatic rings. The van der Waals surface area contributed by atoms with Gasteiger partial charge in [0.1, 0.15) is 5.82 Å². The van der Waals surface area contributed by atoms with Gasteiger partial charge in [-0.15, -0.1) is 0 Å². The lowest BCUT2D eigenvalue weighted by Gasteiger charge is -2.15. The molecule has 8 heteroatoms. The fraction of sp³-hybridized carbons (Fsp3) is 0.261. The second kappa shape index (κ2) is 10.8. The third kappa shape index (κ3) is 6.42. The zero-order valence-corrected chi connectivity index (χ0v) is 18.2. The molecular weight excluding hydrogens is 417 g/mol. The number of hydrogen-bond donors (Lipinski definition) is 2. The van der Waals surface area contributed by atoms with Crippen LogP contribution in [0.2, 0.25) is 0 Å². The molecule has 6 nitrogen and oxygen atoms in total. The number of benzene rings is 2. The van der Waals surface area contributed by atoms with Gasteiger partial charge in [0.05, 0.1) is 34.7 Å². The quantitative estimate of drug-likeness (QED) is 0.572. The van der Waals surface area contributed by atoms with Crippen molar-refractivity contribution in [3.05, 3.63) is 66.1 Å². The van der Waals surface area contributed by atoms with Crippen LogP contribution in [0, 0.1) is 5.82 Å². The van der Waals surface area contributed by atoms with Gasteiger partial charge in [-0.1, -0.05) is 30.8 Å². The first-order chi connectivity index (χ1) is 15.0. The van der Waals surface area contributed by atoms with Crippen LogP contribution in [-0.2, 0) is 14.3 Å². The Bertz CT molecular complexity index is 1010. The molecule has 3 rings (SSSR count). The molecule has 162 valence electrons. The number of hydrogen-bond acceptors (Lipinski definition) is 6. The molecule has 0 bridgehead atoms. The third-order valence-corrected chi connectivity index (χ3v) is 5.69. The van der Waals surface area contributed by atoms with Crippen LogP contribution in [0.4, 0.5) is 21.5 Å². The van der Waals surface area contributed by atoms with E-state index < -0.39 is 5.25 Å². The van der Waals surface area contributed by atoms with Gasteiger partial charge in [0.15, 0.2) is 0 Å². The number of amides is 1. The monoisotopic (exact) mass is 441 g/mol. The van der Waals surface area contributed by atoms with E-state index in [1.165, 1.54) is 36.0 Å². The van der Waals surface area contributed by atoms with Crippen LogP contribution in [0.3, 0.4) is 0 Å². The van der Waals surface area contributed by atoms with E-state index in [0.29, 0.717) is 35.1 Å². The molecule has 31 heavy (non-hydrogen) atoms. The van der Waals surface area contributed by atoms with E-state index in [0.717, 1.165) is 5.69 Å². The van der Waals surface area contributed by atoms with E-state index in [1.54, 1.807) is 13.0 Å². The van der Waals surface area contributed by atoms with Gasteiger partial charge in [-0.05, 0) is 55.8 Å². The molecule has 0 radical (unpaired) electrons. The Kier molecular flexibility index (Phi) is 7.83. The van der Waals surface area contributed by atoms with Crippen molar-refractivity contribution in [1.29, 1.82) is 0 Å². The van der Waals surface area contributed by atoms with Gasteiger partial charge in [-0.25, -0.2) is 9.38 Å². The Morgan fingerprint density at radius 1 is 1.16 bits per heavy atom. The molecule has 0 spiro atoms. The first kappa shape index (κ1) is 22.6. The number of thioether (sulfide) groups is 1. The first-order valence-corrected chi connectivity index (χ1v) is 10.9. The number of rotatable bonds is 7. The highest BCUT2D eigenvalue weighted by Crippen LogP contribution is 2.32. The molecule has 1 amide bonds. The number of carbonyl (C=O) groups is 2. The highest BCUT2D eigenvalue weighted by atomic mass is 32.2. The lowest BCUT2D eigenvalue weighted by atomic mass is 10.2. The van der Waals surface area contributed by atoms with E-state index >= 15 is 0 Å². The smallest absolute Gasteiger partial charge is 0.311 e. The standard InChI is InChI=1S/C23H24FN3O3S/c1-3-20(23(29)26-16-11-9-15(24)10-12-16)31-21-13-17(14-22(28)30-4-2)25-18-7-5-6-8-19(18)27-21/h5-13,20,25H,3-4,14H2,1-2H3,(H,26,29)/t20-/m1/s1. The van der Waals surface area contributed by atoms with Crippen LogP contribution < -0.4 is 10.6 Å². The second-order valence-electron chi connectivity index (χ2n) is 6.75. The number of fused-ring (bicyclic) bond motifs is 1. The summed E-state index contributed by atoms with van der Waals surface area (Å²) >= 11 is 1.31. The van der Waals surface area contributed by atoms with Gasteiger partial charge in [0, 0.05) is 11.4 Å². The van der Waals surface area contributed by atoms with E-state index in [4.69, 9.17) is 9.73 Å². The minimum Gasteiger partial charge on any atom is -0.466 e. The average Bonchev–Trinajstić information content (AvgIpc) is 2.92. The van der Waals surface area contributed by atoms with Crippen molar-refractivity contribution in [2.75, 3.05) is 17.2 Å². The highest BCUT2D eigenvalue weighted by Gasteiger charge is 2.22. The van der Waals surface area contributed by atoms with Crippen LogP contribution in [0.15, 0.2) is 65.3 Å². The van der Waals surface area contributed by atoms with Gasteiger partial charge in [0.2, 0.25) is 5.91 Å². The zero-order valence-electron chi connectivity index (χ0n) is 17.4. The van der Waals surface area contributed by atoms with Crippen molar-refractivity contribution in [1.82, 2.24) is 0 Å². The molecule has 0 saturated carbocycles. The van der Waals surface area contributed by atoms with Crippen LogP contribution >= 0.6 is 11.8 Å². The Hall–Kier alpha value is -3.13. The van der Waals surface area contributed by atoms with Gasteiger partial charge in [-0.3, -0.25) is 9.59 Å². The number of nitrogens with zero attached hydrogens (tertiary/aromatic N) is 1. The minimum absolute atomic E-state index is 0.0698. The third-order valence-electron chi connectivity index (χ3n) is 4.41. The topological polar surface area (TPSA) is 79.8 Å². The summed E-state index contributed by atoms with van der Waals surface area (Å²) in [6.07, 6.45) is 2.41. The Labute approximate surface area is 185 Å². The zero-order chi connectivity index (χ0) is 22.2. The molecule has 0 fully saturated rings. The summed E-state index contributed by atoms with van der Waals surface area (Å²) < 4.78 is 18.2. The van der Waals surface area contributed by atoms with Crippen molar-refractivity contribution in [3.63, 3.8) is 0 Å². The van der Waals surface area contributed by atoms with E-state index in [-0.39, 0.29) is 24.1 Å². The van der Waals surface area contributed by atoms with Gasteiger partial charge in [-0.2, -0.15) is 0 Å². The van der Waals surface area contributed by atoms with Crippen molar-refractivity contribution < 1.29 is 18.7 Å². The second-order valence-corrected chi connectivity index (χ2v) is 7.98. The van der Waals surface area contributed by atoms with Crippen LogP contribution in [0.1, 0.15) is 26.7 Å². The number of anilines is 2. The summed E-state index contributed by atoms with van der Waals surface area (Å²) in [5.74, 6) is -0.906. The number of halogens is 1. The number of nitrogens with one attached hydrogen (secondary N) is 2. The van der Waals surface area contributed by atoms with Gasteiger partial charge in [0.25, 0.3) is 0 Å². The van der Waals surface area contributed by atoms with Crippen LogP contribution in [0.5, 0.6) is 0 Å². The summed E-state index contributed by atoms with van der Waals surface area (Å²) in [7, 11) is 0. The van der Waals surface area contributed by atoms with Crippen molar-refractivity contribution in [2.24, 2.45) is 4.99 Å². The minimum atomic E-state index is -0.422.